The van der Waals surface area contributed by atoms with E-state index in [0.717, 1.165) is 5.39 Å². The van der Waals surface area contributed by atoms with Gasteiger partial charge in [-0.2, -0.15) is 0 Å². The molecule has 5 aromatic rings. The van der Waals surface area contributed by atoms with E-state index in [1.807, 2.05) is 42.5 Å². The lowest BCUT2D eigenvalue weighted by atomic mass is 10.1. The van der Waals surface area contributed by atoms with Crippen LogP contribution >= 0.6 is 11.6 Å². The molecule has 1 N–H and O–H groups in total. The van der Waals surface area contributed by atoms with E-state index in [9.17, 15) is 4.79 Å². The van der Waals surface area contributed by atoms with E-state index in [0.29, 0.717) is 38.8 Å². The molecule has 2 heterocycles. The van der Waals surface area contributed by atoms with Crippen molar-refractivity contribution in [2.75, 3.05) is 5.32 Å². The highest BCUT2D eigenvalue weighted by molar-refractivity contribution is 6.31. The van der Waals surface area contributed by atoms with Gasteiger partial charge < -0.3 is 14.2 Å². The number of oxazole rings is 1. The van der Waals surface area contributed by atoms with Crippen LogP contribution in [0.2, 0.25) is 5.02 Å². The SMILES string of the molecule is O=C(Nc1ccccc1-c1nc2cc(Cl)ccc2o1)c1cc2ccccc2o1. The molecule has 0 aliphatic heterocycles. The molecule has 136 valence electrons. The molecule has 0 bridgehead atoms. The van der Waals surface area contributed by atoms with Gasteiger partial charge in [0.1, 0.15) is 11.1 Å². The molecule has 0 saturated heterocycles. The summed E-state index contributed by atoms with van der Waals surface area (Å²) >= 11 is 6.03. The highest BCUT2D eigenvalue weighted by Crippen LogP contribution is 2.31. The Labute approximate surface area is 164 Å². The molecule has 0 aliphatic carbocycles. The Morgan fingerprint density at radius 2 is 1.71 bits per heavy atom. The van der Waals surface area contributed by atoms with Crippen molar-refractivity contribution in [3.05, 3.63) is 83.6 Å². The Morgan fingerprint density at radius 1 is 0.893 bits per heavy atom. The molecular formula is C22H13ClN2O3. The molecular weight excluding hydrogens is 376 g/mol. The Balaban J connectivity index is 1.51. The fourth-order valence-electron chi connectivity index (χ4n) is 3.07. The normalized spacial score (nSPS) is 11.2. The molecule has 0 unspecified atom stereocenters. The summed E-state index contributed by atoms with van der Waals surface area (Å²) in [6.45, 7) is 0. The van der Waals surface area contributed by atoms with Crippen molar-refractivity contribution in [2.45, 2.75) is 0 Å². The number of hydrogen-bond acceptors (Lipinski definition) is 4. The minimum atomic E-state index is -0.345. The van der Waals surface area contributed by atoms with E-state index in [1.54, 1.807) is 30.3 Å². The number of fused-ring (bicyclic) bond motifs is 2. The number of rotatable bonds is 3. The number of carbonyl (C=O) groups excluding carboxylic acids is 1. The first kappa shape index (κ1) is 16.6. The monoisotopic (exact) mass is 388 g/mol. The predicted octanol–water partition coefficient (Wildman–Crippen LogP) is 6.15. The zero-order valence-corrected chi connectivity index (χ0v) is 15.2. The van der Waals surface area contributed by atoms with Gasteiger partial charge in [-0.25, -0.2) is 4.98 Å². The van der Waals surface area contributed by atoms with Crippen molar-refractivity contribution in [1.82, 2.24) is 4.98 Å². The van der Waals surface area contributed by atoms with Gasteiger partial charge >= 0.3 is 0 Å². The number of furan rings is 1. The van der Waals surface area contributed by atoms with E-state index < -0.39 is 0 Å². The number of amides is 1. The van der Waals surface area contributed by atoms with Crippen molar-refractivity contribution in [2.24, 2.45) is 0 Å². The van der Waals surface area contributed by atoms with Gasteiger partial charge in [-0.3, -0.25) is 4.79 Å². The van der Waals surface area contributed by atoms with Gasteiger partial charge in [-0.05, 0) is 42.5 Å². The first-order valence-electron chi connectivity index (χ1n) is 8.63. The summed E-state index contributed by atoms with van der Waals surface area (Å²) in [5.74, 6) is 0.293. The number of para-hydroxylation sites is 2. The lowest BCUT2D eigenvalue weighted by molar-refractivity contribution is 0.0999. The Morgan fingerprint density at radius 3 is 2.61 bits per heavy atom. The van der Waals surface area contributed by atoms with Gasteiger partial charge in [0.05, 0.1) is 11.3 Å². The fraction of sp³-hybridized carbons (Fsp3) is 0. The number of benzene rings is 3. The minimum absolute atomic E-state index is 0.236. The van der Waals surface area contributed by atoms with Crippen LogP contribution in [0.3, 0.4) is 0 Å². The highest BCUT2D eigenvalue weighted by Gasteiger charge is 2.17. The van der Waals surface area contributed by atoms with E-state index in [-0.39, 0.29) is 11.7 Å². The average Bonchev–Trinajstić information content (AvgIpc) is 3.32. The van der Waals surface area contributed by atoms with Crippen molar-refractivity contribution in [3.8, 4) is 11.5 Å². The summed E-state index contributed by atoms with van der Waals surface area (Å²) in [5, 5.41) is 4.34. The van der Waals surface area contributed by atoms with Crippen LogP contribution in [0.15, 0.2) is 81.6 Å². The van der Waals surface area contributed by atoms with Crippen molar-refractivity contribution < 1.29 is 13.6 Å². The van der Waals surface area contributed by atoms with E-state index in [4.69, 9.17) is 20.4 Å². The lowest BCUT2D eigenvalue weighted by Crippen LogP contribution is -2.11. The van der Waals surface area contributed by atoms with Crippen molar-refractivity contribution >= 4 is 45.3 Å². The maximum Gasteiger partial charge on any atom is 0.291 e. The third-order valence-corrected chi connectivity index (χ3v) is 4.64. The number of halogens is 1. The third kappa shape index (κ3) is 2.92. The van der Waals surface area contributed by atoms with E-state index >= 15 is 0 Å². The van der Waals surface area contributed by atoms with Crippen LogP contribution in [-0.4, -0.2) is 10.9 Å². The standard InChI is InChI=1S/C22H13ClN2O3/c23-14-9-10-19-17(12-14)25-22(28-19)15-6-2-3-7-16(15)24-21(26)20-11-13-5-1-4-8-18(13)27-20/h1-12H,(H,24,26). The molecule has 0 atom stereocenters. The van der Waals surface area contributed by atoms with Crippen LogP contribution in [0.1, 0.15) is 10.6 Å². The van der Waals surface area contributed by atoms with Crippen LogP contribution in [0.5, 0.6) is 0 Å². The molecule has 3 aromatic carbocycles. The number of nitrogens with one attached hydrogen (secondary N) is 1. The van der Waals surface area contributed by atoms with E-state index in [1.165, 1.54) is 0 Å². The van der Waals surface area contributed by atoms with Crippen LogP contribution in [0.25, 0.3) is 33.5 Å². The fourth-order valence-corrected chi connectivity index (χ4v) is 3.24. The van der Waals surface area contributed by atoms with Crippen LogP contribution in [0.4, 0.5) is 5.69 Å². The summed E-state index contributed by atoms with van der Waals surface area (Å²) in [4.78, 5) is 17.2. The average molecular weight is 389 g/mol. The smallest absolute Gasteiger partial charge is 0.291 e. The molecule has 0 fully saturated rings. The van der Waals surface area contributed by atoms with Gasteiger partial charge in [-0.15, -0.1) is 0 Å². The molecule has 0 spiro atoms. The zero-order chi connectivity index (χ0) is 19.1. The molecule has 0 aliphatic rings. The zero-order valence-electron chi connectivity index (χ0n) is 14.5. The van der Waals surface area contributed by atoms with Crippen LogP contribution in [-0.2, 0) is 0 Å². The number of aromatic nitrogens is 1. The molecule has 6 heteroatoms. The number of hydrogen-bond donors (Lipinski definition) is 1. The summed E-state index contributed by atoms with van der Waals surface area (Å²) < 4.78 is 11.5. The first-order valence-corrected chi connectivity index (χ1v) is 9.00. The number of nitrogens with zero attached hydrogens (tertiary/aromatic N) is 1. The molecule has 5 nitrogen and oxygen atoms in total. The minimum Gasteiger partial charge on any atom is -0.451 e. The van der Waals surface area contributed by atoms with Gasteiger partial charge in [0.25, 0.3) is 5.91 Å². The van der Waals surface area contributed by atoms with Gasteiger partial charge in [-0.1, -0.05) is 41.9 Å². The van der Waals surface area contributed by atoms with Crippen molar-refractivity contribution in [1.29, 1.82) is 0 Å². The Kier molecular flexibility index (Phi) is 3.88. The maximum absolute atomic E-state index is 12.7. The van der Waals surface area contributed by atoms with E-state index in [2.05, 4.69) is 10.3 Å². The first-order chi connectivity index (χ1) is 13.7. The van der Waals surface area contributed by atoms with Gasteiger partial charge in [0.2, 0.25) is 5.89 Å². The highest BCUT2D eigenvalue weighted by atomic mass is 35.5. The summed E-state index contributed by atoms with van der Waals surface area (Å²) in [6, 6.07) is 21.8. The predicted molar refractivity (Wildman–Crippen MR) is 109 cm³/mol. The second-order valence-corrected chi connectivity index (χ2v) is 6.72. The van der Waals surface area contributed by atoms with Crippen molar-refractivity contribution in [3.63, 3.8) is 0 Å². The molecule has 28 heavy (non-hydrogen) atoms. The summed E-state index contributed by atoms with van der Waals surface area (Å²) in [6.07, 6.45) is 0. The van der Waals surface area contributed by atoms with Gasteiger partial charge in [0, 0.05) is 10.4 Å². The summed E-state index contributed by atoms with van der Waals surface area (Å²) in [7, 11) is 0. The Bertz CT molecular complexity index is 1300. The molecule has 0 radical (unpaired) electrons. The third-order valence-electron chi connectivity index (χ3n) is 4.40. The number of anilines is 1. The Hall–Kier alpha value is -3.57. The lowest BCUT2D eigenvalue weighted by Gasteiger charge is -2.07. The second-order valence-electron chi connectivity index (χ2n) is 6.28. The van der Waals surface area contributed by atoms with Gasteiger partial charge in [0.15, 0.2) is 11.3 Å². The molecule has 5 rings (SSSR count). The van der Waals surface area contributed by atoms with Crippen LogP contribution in [0, 0.1) is 0 Å². The quantitative estimate of drug-likeness (QED) is 0.402. The number of carbonyl (C=O) groups is 1. The summed E-state index contributed by atoms with van der Waals surface area (Å²) in [5.41, 5.74) is 3.18. The second kappa shape index (κ2) is 6.55. The topological polar surface area (TPSA) is 68.3 Å². The molecule has 1 amide bonds. The largest absolute Gasteiger partial charge is 0.451 e. The molecule has 0 saturated carbocycles. The van der Waals surface area contributed by atoms with Crippen LogP contribution < -0.4 is 5.32 Å². The molecule has 2 aromatic heterocycles. The maximum atomic E-state index is 12.7.